The molecule has 0 unspecified atom stereocenters. The maximum absolute atomic E-state index is 13.8. The summed E-state index contributed by atoms with van der Waals surface area (Å²) in [7, 11) is 2.22. The lowest BCUT2D eigenvalue weighted by atomic mass is 10.1. The Hall–Kier alpha value is -1.57. The van der Waals surface area contributed by atoms with Crippen LogP contribution in [0.1, 0.15) is 16.9 Å². The summed E-state index contributed by atoms with van der Waals surface area (Å²) < 4.78 is 13.8. The SMILES string of the molecule is CSCC[C@H]1CN(C2=Nc3ccc(F)cc3Nc3sc(C)cc32)CCN1C. The molecule has 1 N–H and O–H groups in total. The molecular formula is C20H25FN4S2. The summed E-state index contributed by atoms with van der Waals surface area (Å²) >= 11 is 3.60. The molecule has 4 rings (SSSR count). The lowest BCUT2D eigenvalue weighted by molar-refractivity contribution is 0.139. The summed E-state index contributed by atoms with van der Waals surface area (Å²) in [4.78, 5) is 11.1. The lowest BCUT2D eigenvalue weighted by Gasteiger charge is -2.41. The molecule has 144 valence electrons. The number of piperazine rings is 1. The Kier molecular flexibility index (Phi) is 5.43. The fourth-order valence-corrected chi connectivity index (χ4v) is 5.15. The molecular weight excluding hydrogens is 379 g/mol. The van der Waals surface area contributed by atoms with Crippen molar-refractivity contribution in [2.75, 3.05) is 44.0 Å². The highest BCUT2D eigenvalue weighted by Gasteiger charge is 2.29. The van der Waals surface area contributed by atoms with E-state index in [4.69, 9.17) is 4.99 Å². The quantitative estimate of drug-likeness (QED) is 0.803. The number of thiophene rings is 1. The number of nitrogens with zero attached hydrogens (tertiary/aromatic N) is 3. The minimum Gasteiger partial charge on any atom is -0.353 e. The van der Waals surface area contributed by atoms with Crippen LogP contribution in [0, 0.1) is 12.7 Å². The van der Waals surface area contributed by atoms with Crippen molar-refractivity contribution in [1.82, 2.24) is 9.80 Å². The number of hydrogen-bond donors (Lipinski definition) is 1. The average molecular weight is 405 g/mol. The summed E-state index contributed by atoms with van der Waals surface area (Å²) in [6.07, 6.45) is 3.34. The number of aliphatic imine (C=N–C) groups is 1. The maximum atomic E-state index is 13.8. The van der Waals surface area contributed by atoms with Crippen molar-refractivity contribution in [2.24, 2.45) is 4.99 Å². The minimum absolute atomic E-state index is 0.244. The summed E-state index contributed by atoms with van der Waals surface area (Å²) in [6.45, 7) is 5.06. The van der Waals surface area contributed by atoms with Crippen LogP contribution in [0.3, 0.4) is 0 Å². The number of aryl methyl sites for hydroxylation is 1. The van der Waals surface area contributed by atoms with E-state index in [9.17, 15) is 4.39 Å². The number of thioether (sulfide) groups is 1. The van der Waals surface area contributed by atoms with Gasteiger partial charge in [0.05, 0.1) is 16.9 Å². The number of fused-ring (bicyclic) bond motifs is 2. The highest BCUT2D eigenvalue weighted by molar-refractivity contribution is 7.98. The van der Waals surface area contributed by atoms with Crippen molar-refractivity contribution in [3.8, 4) is 0 Å². The molecule has 4 nitrogen and oxygen atoms in total. The van der Waals surface area contributed by atoms with E-state index in [1.54, 1.807) is 17.4 Å². The number of nitrogens with one attached hydrogen (secondary N) is 1. The molecule has 0 bridgehead atoms. The second kappa shape index (κ2) is 7.81. The van der Waals surface area contributed by atoms with Crippen LogP contribution in [0.2, 0.25) is 0 Å². The van der Waals surface area contributed by atoms with Crippen molar-refractivity contribution in [1.29, 1.82) is 0 Å². The molecule has 0 radical (unpaired) electrons. The van der Waals surface area contributed by atoms with E-state index < -0.39 is 0 Å². The van der Waals surface area contributed by atoms with Crippen molar-refractivity contribution >= 4 is 45.3 Å². The molecule has 1 aromatic carbocycles. The predicted molar refractivity (Wildman–Crippen MR) is 116 cm³/mol. The summed E-state index contributed by atoms with van der Waals surface area (Å²) in [6, 6.07) is 7.51. The van der Waals surface area contributed by atoms with Gasteiger partial charge in [-0.1, -0.05) is 0 Å². The number of anilines is 2. The predicted octanol–water partition coefficient (Wildman–Crippen LogP) is 4.70. The van der Waals surface area contributed by atoms with Crippen molar-refractivity contribution < 1.29 is 4.39 Å². The van der Waals surface area contributed by atoms with Gasteiger partial charge >= 0.3 is 0 Å². The van der Waals surface area contributed by atoms with Crippen molar-refractivity contribution in [3.63, 3.8) is 0 Å². The molecule has 0 saturated carbocycles. The number of benzene rings is 1. The van der Waals surface area contributed by atoms with E-state index >= 15 is 0 Å². The molecule has 2 aliphatic rings. The summed E-state index contributed by atoms with van der Waals surface area (Å²) in [5, 5.41) is 4.46. The topological polar surface area (TPSA) is 30.9 Å². The van der Waals surface area contributed by atoms with Gasteiger partial charge < -0.3 is 10.2 Å². The molecule has 0 aliphatic carbocycles. The molecule has 7 heteroatoms. The highest BCUT2D eigenvalue weighted by atomic mass is 32.2. The molecule has 1 saturated heterocycles. The first-order chi connectivity index (χ1) is 13.0. The Labute approximate surface area is 168 Å². The minimum atomic E-state index is -0.244. The van der Waals surface area contributed by atoms with Crippen LogP contribution in [0.5, 0.6) is 0 Å². The first kappa shape index (κ1) is 18.8. The fourth-order valence-electron chi connectivity index (χ4n) is 3.72. The van der Waals surface area contributed by atoms with Gasteiger partial charge in [-0.15, -0.1) is 11.3 Å². The monoisotopic (exact) mass is 404 g/mol. The molecule has 1 aromatic heterocycles. The van der Waals surface area contributed by atoms with Gasteiger partial charge in [-0.05, 0) is 56.7 Å². The van der Waals surface area contributed by atoms with E-state index in [0.717, 1.165) is 47.4 Å². The third-order valence-corrected chi connectivity index (χ3v) is 6.87. The second-order valence-electron chi connectivity index (χ2n) is 7.18. The van der Waals surface area contributed by atoms with Crippen molar-refractivity contribution in [2.45, 2.75) is 19.4 Å². The Morgan fingerprint density at radius 2 is 2.19 bits per heavy atom. The number of likely N-dealkylation sites (N-methyl/N-ethyl adjacent to an activating group) is 1. The van der Waals surface area contributed by atoms with Crippen molar-refractivity contribution in [3.05, 3.63) is 40.5 Å². The van der Waals surface area contributed by atoms with Gasteiger partial charge in [-0.25, -0.2) is 9.38 Å². The van der Waals surface area contributed by atoms with Crippen LogP contribution in [0.25, 0.3) is 0 Å². The highest BCUT2D eigenvalue weighted by Crippen LogP contribution is 2.39. The Bertz CT molecular complexity index is 864. The van der Waals surface area contributed by atoms with Crippen LogP contribution in [0.4, 0.5) is 20.8 Å². The number of hydrogen-bond acceptors (Lipinski definition) is 6. The Morgan fingerprint density at radius 3 is 3.00 bits per heavy atom. The van der Waals surface area contributed by atoms with Gasteiger partial charge in [0, 0.05) is 30.6 Å². The number of halogens is 1. The molecule has 0 amide bonds. The Morgan fingerprint density at radius 1 is 1.33 bits per heavy atom. The first-order valence-corrected chi connectivity index (χ1v) is 11.5. The molecule has 27 heavy (non-hydrogen) atoms. The van der Waals surface area contributed by atoms with Crippen LogP contribution < -0.4 is 5.32 Å². The number of amidine groups is 1. The van der Waals surface area contributed by atoms with Crippen LogP contribution in [-0.4, -0.2) is 60.4 Å². The molecule has 2 aromatic rings. The Balaban J connectivity index is 1.72. The van der Waals surface area contributed by atoms with Gasteiger partial charge in [0.2, 0.25) is 0 Å². The van der Waals surface area contributed by atoms with Gasteiger partial charge in [0.15, 0.2) is 0 Å². The zero-order valence-electron chi connectivity index (χ0n) is 16.0. The van der Waals surface area contributed by atoms with E-state index in [0.29, 0.717) is 6.04 Å². The molecule has 0 spiro atoms. The molecule has 1 atom stereocenters. The second-order valence-corrected chi connectivity index (χ2v) is 9.43. The van der Waals surface area contributed by atoms with Gasteiger partial charge in [0.1, 0.15) is 16.7 Å². The standard InChI is InChI=1S/C20H25FN4S2/c1-13-10-16-19(25-8-7-24(2)15(12-25)6-9-26-3)22-17-5-4-14(21)11-18(17)23-20(16)27-13/h4-5,10-11,15,23H,6-9,12H2,1-3H3/t15-/m0/s1. The van der Waals surface area contributed by atoms with E-state index in [1.807, 2.05) is 11.8 Å². The largest absolute Gasteiger partial charge is 0.353 e. The summed E-state index contributed by atoms with van der Waals surface area (Å²) in [5.74, 6) is 1.93. The van der Waals surface area contributed by atoms with Gasteiger partial charge in [-0.2, -0.15) is 11.8 Å². The lowest BCUT2D eigenvalue weighted by Crippen LogP contribution is -2.53. The van der Waals surface area contributed by atoms with E-state index in [2.05, 4.69) is 41.4 Å². The van der Waals surface area contributed by atoms with Crippen LogP contribution >= 0.6 is 23.1 Å². The van der Waals surface area contributed by atoms with Gasteiger partial charge in [-0.3, -0.25) is 4.90 Å². The first-order valence-electron chi connectivity index (χ1n) is 9.25. The zero-order chi connectivity index (χ0) is 19.0. The average Bonchev–Trinajstić information content (AvgIpc) is 2.93. The van der Waals surface area contributed by atoms with E-state index in [-0.39, 0.29) is 5.82 Å². The summed E-state index contributed by atoms with van der Waals surface area (Å²) in [5.41, 5.74) is 2.66. The third-order valence-electron chi connectivity index (χ3n) is 5.26. The maximum Gasteiger partial charge on any atom is 0.139 e. The van der Waals surface area contributed by atoms with E-state index in [1.165, 1.54) is 29.2 Å². The zero-order valence-corrected chi connectivity index (χ0v) is 17.6. The molecule has 2 aliphatic heterocycles. The molecule has 1 fully saturated rings. The van der Waals surface area contributed by atoms with Gasteiger partial charge in [0.25, 0.3) is 0 Å². The smallest absolute Gasteiger partial charge is 0.139 e. The van der Waals surface area contributed by atoms with Crippen LogP contribution in [-0.2, 0) is 0 Å². The number of rotatable bonds is 3. The molecule has 3 heterocycles. The fraction of sp³-hybridized carbons (Fsp3) is 0.450. The van der Waals surface area contributed by atoms with Crippen LogP contribution in [0.15, 0.2) is 29.3 Å². The normalized spacial score (nSPS) is 19.8. The third kappa shape index (κ3) is 3.86.